The molecule has 3 rings (SSSR count). The zero-order chi connectivity index (χ0) is 16.6. The van der Waals surface area contributed by atoms with Gasteiger partial charge in [-0.15, -0.1) is 11.3 Å². The van der Waals surface area contributed by atoms with Crippen LogP contribution in [0.3, 0.4) is 0 Å². The lowest BCUT2D eigenvalue weighted by atomic mass is 10.0. The lowest BCUT2D eigenvalue weighted by Crippen LogP contribution is -2.05. The molecule has 0 aliphatic heterocycles. The number of aromatic hydroxyl groups is 1. The second kappa shape index (κ2) is 5.58. The summed E-state index contributed by atoms with van der Waals surface area (Å²) < 4.78 is 48.9. The summed E-state index contributed by atoms with van der Waals surface area (Å²) in [7, 11) is 1.41. The summed E-state index contributed by atoms with van der Waals surface area (Å²) in [5.74, 6) is -1.17. The Morgan fingerprint density at radius 3 is 2.65 bits per heavy atom. The summed E-state index contributed by atoms with van der Waals surface area (Å²) in [6.45, 7) is 0. The van der Waals surface area contributed by atoms with Crippen LogP contribution in [0.4, 0.5) is 13.2 Å². The summed E-state index contributed by atoms with van der Waals surface area (Å²) >= 11 is 1.14. The van der Waals surface area contributed by atoms with Crippen molar-refractivity contribution in [2.75, 3.05) is 7.11 Å². The largest absolute Gasteiger partial charge is 0.507 e. The molecule has 1 aromatic carbocycles. The Kier molecular flexibility index (Phi) is 3.72. The SMILES string of the molecule is COc1ccc(-c2noc(C(F)(F)F)c2-c2cscn2)c(O)c1. The van der Waals surface area contributed by atoms with E-state index >= 15 is 0 Å². The maximum Gasteiger partial charge on any atom is 0.453 e. The van der Waals surface area contributed by atoms with Gasteiger partial charge in [-0.25, -0.2) is 4.98 Å². The van der Waals surface area contributed by atoms with Crippen LogP contribution < -0.4 is 4.74 Å². The molecule has 0 unspecified atom stereocenters. The second-order valence-electron chi connectivity index (χ2n) is 4.49. The second-order valence-corrected chi connectivity index (χ2v) is 5.21. The van der Waals surface area contributed by atoms with Crippen molar-refractivity contribution >= 4 is 11.3 Å². The minimum atomic E-state index is -4.73. The van der Waals surface area contributed by atoms with Crippen molar-refractivity contribution in [1.29, 1.82) is 0 Å². The first-order valence-electron chi connectivity index (χ1n) is 6.24. The number of aromatic nitrogens is 2. The number of alkyl halides is 3. The van der Waals surface area contributed by atoms with Crippen molar-refractivity contribution in [2.24, 2.45) is 0 Å². The highest BCUT2D eigenvalue weighted by Crippen LogP contribution is 2.44. The van der Waals surface area contributed by atoms with E-state index in [4.69, 9.17) is 4.74 Å². The quantitative estimate of drug-likeness (QED) is 0.773. The van der Waals surface area contributed by atoms with Crippen molar-refractivity contribution in [3.05, 3.63) is 34.8 Å². The van der Waals surface area contributed by atoms with Crippen LogP contribution in [0, 0.1) is 0 Å². The van der Waals surface area contributed by atoms with Crippen molar-refractivity contribution in [3.8, 4) is 34.0 Å². The number of nitrogens with zero attached hydrogens (tertiary/aromatic N) is 2. The van der Waals surface area contributed by atoms with Crippen molar-refractivity contribution < 1.29 is 27.5 Å². The molecular weight excluding hydrogens is 333 g/mol. The van der Waals surface area contributed by atoms with Gasteiger partial charge in [0.2, 0.25) is 5.76 Å². The van der Waals surface area contributed by atoms with Gasteiger partial charge in [0.25, 0.3) is 0 Å². The minimum Gasteiger partial charge on any atom is -0.507 e. The maximum absolute atomic E-state index is 13.1. The Hall–Kier alpha value is -2.55. The average Bonchev–Trinajstić information content (AvgIpc) is 3.14. The molecular formula is C14H9F3N2O3S. The van der Waals surface area contributed by atoms with Crippen LogP contribution in [-0.4, -0.2) is 22.4 Å². The fourth-order valence-electron chi connectivity index (χ4n) is 2.08. The fourth-order valence-corrected chi connectivity index (χ4v) is 2.62. The molecule has 9 heteroatoms. The fraction of sp³-hybridized carbons (Fsp3) is 0.143. The van der Waals surface area contributed by atoms with Gasteiger partial charge in [0.15, 0.2) is 0 Å². The van der Waals surface area contributed by atoms with Crippen molar-refractivity contribution in [1.82, 2.24) is 10.1 Å². The Morgan fingerprint density at radius 2 is 2.09 bits per heavy atom. The smallest absolute Gasteiger partial charge is 0.453 e. The number of ether oxygens (including phenoxy) is 1. The molecule has 120 valence electrons. The van der Waals surface area contributed by atoms with Crippen LogP contribution in [0.1, 0.15) is 5.76 Å². The Balaban J connectivity index is 2.23. The van der Waals surface area contributed by atoms with Crippen molar-refractivity contribution in [3.63, 3.8) is 0 Å². The van der Waals surface area contributed by atoms with Crippen LogP contribution in [0.25, 0.3) is 22.5 Å². The summed E-state index contributed by atoms with van der Waals surface area (Å²) in [5.41, 5.74) is 1.13. The molecule has 1 N–H and O–H groups in total. The lowest BCUT2D eigenvalue weighted by Gasteiger charge is -2.07. The number of benzene rings is 1. The third-order valence-corrected chi connectivity index (χ3v) is 3.68. The van der Waals surface area contributed by atoms with Crippen LogP contribution in [0.2, 0.25) is 0 Å². The first-order valence-corrected chi connectivity index (χ1v) is 7.19. The topological polar surface area (TPSA) is 68.4 Å². The molecule has 5 nitrogen and oxygen atoms in total. The van der Waals surface area contributed by atoms with E-state index in [-0.39, 0.29) is 28.3 Å². The molecule has 0 aliphatic carbocycles. The number of phenols is 1. The highest BCUT2D eigenvalue weighted by molar-refractivity contribution is 7.07. The number of rotatable bonds is 3. The molecule has 2 heterocycles. The molecule has 0 atom stereocenters. The highest BCUT2D eigenvalue weighted by Gasteiger charge is 2.41. The predicted molar refractivity (Wildman–Crippen MR) is 76.3 cm³/mol. The molecule has 0 aliphatic rings. The Labute approximate surface area is 132 Å². The number of thiazole rings is 1. The molecule has 0 amide bonds. The molecule has 0 radical (unpaired) electrons. The number of methoxy groups -OCH3 is 1. The van der Waals surface area contributed by atoms with Gasteiger partial charge in [0.1, 0.15) is 17.2 Å². The predicted octanol–water partition coefficient (Wildman–Crippen LogP) is 4.20. The molecule has 2 aromatic heterocycles. The first-order chi connectivity index (χ1) is 10.9. The van der Waals surface area contributed by atoms with E-state index in [1.54, 1.807) is 0 Å². The van der Waals surface area contributed by atoms with Crippen LogP contribution in [0.5, 0.6) is 11.5 Å². The van der Waals surface area contributed by atoms with Gasteiger partial charge < -0.3 is 14.4 Å². The third kappa shape index (κ3) is 2.74. The summed E-state index contributed by atoms with van der Waals surface area (Å²) in [4.78, 5) is 3.89. The van der Waals surface area contributed by atoms with Gasteiger partial charge in [-0.1, -0.05) is 5.16 Å². The number of hydrogen-bond acceptors (Lipinski definition) is 6. The lowest BCUT2D eigenvalue weighted by molar-refractivity contribution is -0.154. The monoisotopic (exact) mass is 342 g/mol. The van der Waals surface area contributed by atoms with E-state index in [0.29, 0.717) is 5.75 Å². The molecule has 23 heavy (non-hydrogen) atoms. The summed E-state index contributed by atoms with van der Waals surface area (Å²) in [5, 5.41) is 15.0. The first kappa shape index (κ1) is 15.3. The van der Waals surface area contributed by atoms with Crippen LogP contribution in [-0.2, 0) is 6.18 Å². The molecule has 0 bridgehead atoms. The standard InChI is InChI=1S/C14H9F3N2O3S/c1-21-7-2-3-8(10(20)4-7)12-11(9-5-23-6-18-9)13(22-19-12)14(15,16)17/h2-6,20H,1H3. The minimum absolute atomic E-state index is 0.0776. The van der Waals surface area contributed by atoms with Gasteiger partial charge in [-0.3, -0.25) is 0 Å². The van der Waals surface area contributed by atoms with Gasteiger partial charge in [0, 0.05) is 17.0 Å². The van der Waals surface area contributed by atoms with E-state index in [0.717, 1.165) is 11.3 Å². The number of halogens is 3. The Morgan fingerprint density at radius 1 is 1.30 bits per heavy atom. The molecule has 0 spiro atoms. The van der Waals surface area contributed by atoms with E-state index in [2.05, 4.69) is 14.7 Å². The van der Waals surface area contributed by atoms with Crippen LogP contribution >= 0.6 is 11.3 Å². The van der Waals surface area contributed by atoms with E-state index in [1.165, 1.54) is 36.2 Å². The van der Waals surface area contributed by atoms with Gasteiger partial charge in [0.05, 0.1) is 23.9 Å². The summed E-state index contributed by atoms with van der Waals surface area (Å²) in [6, 6.07) is 4.19. The third-order valence-electron chi connectivity index (χ3n) is 3.10. The molecule has 0 saturated carbocycles. The van der Waals surface area contributed by atoms with Gasteiger partial charge in [-0.05, 0) is 12.1 Å². The van der Waals surface area contributed by atoms with Crippen LogP contribution in [0.15, 0.2) is 33.6 Å². The zero-order valence-corrected chi connectivity index (χ0v) is 12.4. The van der Waals surface area contributed by atoms with E-state index in [9.17, 15) is 18.3 Å². The van der Waals surface area contributed by atoms with Gasteiger partial charge in [-0.2, -0.15) is 13.2 Å². The molecule has 0 fully saturated rings. The highest BCUT2D eigenvalue weighted by atomic mass is 32.1. The van der Waals surface area contributed by atoms with E-state index < -0.39 is 11.9 Å². The number of hydrogen-bond donors (Lipinski definition) is 1. The maximum atomic E-state index is 13.1. The summed E-state index contributed by atoms with van der Waals surface area (Å²) in [6.07, 6.45) is -4.73. The molecule has 3 aromatic rings. The number of phenolic OH excluding ortho intramolecular Hbond substituents is 1. The Bertz CT molecular complexity index is 828. The van der Waals surface area contributed by atoms with E-state index in [1.807, 2.05) is 0 Å². The molecule has 0 saturated heterocycles. The van der Waals surface area contributed by atoms with Gasteiger partial charge >= 0.3 is 6.18 Å². The zero-order valence-electron chi connectivity index (χ0n) is 11.6. The average molecular weight is 342 g/mol. The van der Waals surface area contributed by atoms with Crippen molar-refractivity contribution in [2.45, 2.75) is 6.18 Å². The normalized spacial score (nSPS) is 11.7.